The van der Waals surface area contributed by atoms with Crippen LogP contribution >= 0.6 is 0 Å². The minimum absolute atomic E-state index is 0.0256. The number of ether oxygens (including phenoxy) is 1. The Morgan fingerprint density at radius 3 is 2.34 bits per heavy atom. The van der Waals surface area contributed by atoms with E-state index in [1.54, 1.807) is 0 Å². The van der Waals surface area contributed by atoms with E-state index < -0.39 is 10.1 Å². The zero-order chi connectivity index (χ0) is 21.0. The molecule has 3 rings (SSSR count). The normalized spacial score (nSPS) is 14.3. The number of carbonyl (C=O) groups excluding carboxylic acids is 1. The van der Waals surface area contributed by atoms with Crippen LogP contribution < -0.4 is 4.74 Å². The molecule has 0 atom stereocenters. The lowest BCUT2D eigenvalue weighted by atomic mass is 10.1. The van der Waals surface area contributed by atoms with Crippen LogP contribution in [0.2, 0.25) is 0 Å². The summed E-state index contributed by atoms with van der Waals surface area (Å²) in [5.74, 6) is 1.30. The van der Waals surface area contributed by atoms with Crippen molar-refractivity contribution in [3.8, 4) is 17.0 Å². The van der Waals surface area contributed by atoms with Gasteiger partial charge < -0.3 is 14.2 Å². The van der Waals surface area contributed by atoms with Gasteiger partial charge in [-0.3, -0.25) is 8.98 Å². The Kier molecular flexibility index (Phi) is 6.64. The van der Waals surface area contributed by atoms with Gasteiger partial charge in [-0.25, -0.2) is 0 Å². The Morgan fingerprint density at radius 2 is 1.69 bits per heavy atom. The van der Waals surface area contributed by atoms with E-state index in [9.17, 15) is 13.2 Å². The lowest BCUT2D eigenvalue weighted by Crippen LogP contribution is -2.41. The number of hydrogen-bond acceptors (Lipinski definition) is 5. The van der Waals surface area contributed by atoms with Gasteiger partial charge in [0.2, 0.25) is 0 Å². The van der Waals surface area contributed by atoms with Crippen LogP contribution in [-0.2, 0) is 20.8 Å². The molecule has 0 spiro atoms. The number of benzene rings is 1. The molecule has 0 bridgehead atoms. The molecule has 0 aliphatic carbocycles. The van der Waals surface area contributed by atoms with Crippen LogP contribution in [0.15, 0.2) is 36.4 Å². The Hall–Kier alpha value is -2.32. The molecular formula is C21H28N2O5S. The maximum Gasteiger partial charge on any atom is 0.270 e. The van der Waals surface area contributed by atoms with Crippen molar-refractivity contribution in [3.05, 3.63) is 42.1 Å². The van der Waals surface area contributed by atoms with E-state index in [0.717, 1.165) is 49.3 Å². The fourth-order valence-electron chi connectivity index (χ4n) is 3.33. The number of fused-ring (bicyclic) bond motifs is 1. The predicted octanol–water partition coefficient (Wildman–Crippen LogP) is 3.01. The van der Waals surface area contributed by atoms with Gasteiger partial charge in [0.25, 0.3) is 16.0 Å². The van der Waals surface area contributed by atoms with Gasteiger partial charge in [0.15, 0.2) is 0 Å². The molecule has 29 heavy (non-hydrogen) atoms. The summed E-state index contributed by atoms with van der Waals surface area (Å²) < 4.78 is 34.1. The molecule has 158 valence electrons. The molecule has 0 N–H and O–H groups in total. The molecule has 0 fully saturated rings. The molecule has 0 saturated heterocycles. The first-order chi connectivity index (χ1) is 13.7. The van der Waals surface area contributed by atoms with Gasteiger partial charge in [0.05, 0.1) is 6.26 Å². The largest absolute Gasteiger partial charge is 0.491 e. The first kappa shape index (κ1) is 21.4. The summed E-state index contributed by atoms with van der Waals surface area (Å²) in [7, 11) is -3.45. The summed E-state index contributed by atoms with van der Waals surface area (Å²) in [5, 5.41) is 0. The average molecular weight is 421 g/mol. The smallest absolute Gasteiger partial charge is 0.270 e. The Labute approximate surface area is 172 Å². The molecular weight excluding hydrogens is 392 g/mol. The highest BCUT2D eigenvalue weighted by Gasteiger charge is 2.26. The number of rotatable bonds is 9. The second kappa shape index (κ2) is 9.00. The topological polar surface area (TPSA) is 77.8 Å². The van der Waals surface area contributed by atoms with Crippen molar-refractivity contribution in [3.63, 3.8) is 0 Å². The van der Waals surface area contributed by atoms with E-state index in [1.165, 1.54) is 0 Å². The first-order valence-electron chi connectivity index (χ1n) is 9.81. The monoisotopic (exact) mass is 420 g/mol. The minimum atomic E-state index is -3.45. The zero-order valence-corrected chi connectivity index (χ0v) is 17.9. The van der Waals surface area contributed by atoms with Gasteiger partial charge in [-0.1, -0.05) is 13.8 Å². The summed E-state index contributed by atoms with van der Waals surface area (Å²) >= 11 is 0. The first-order valence-corrected chi connectivity index (χ1v) is 11.6. The average Bonchev–Trinajstić information content (AvgIpc) is 3.09. The number of carbonyl (C=O) groups is 1. The zero-order valence-electron chi connectivity index (χ0n) is 17.1. The second-order valence-electron chi connectivity index (χ2n) is 7.63. The molecule has 0 saturated carbocycles. The van der Waals surface area contributed by atoms with Crippen molar-refractivity contribution in [1.82, 2.24) is 9.47 Å². The molecule has 0 unspecified atom stereocenters. The molecule has 0 radical (unpaired) electrons. The molecule has 2 heterocycles. The summed E-state index contributed by atoms with van der Waals surface area (Å²) in [6, 6.07) is 11.4. The van der Waals surface area contributed by atoms with E-state index in [1.807, 2.05) is 41.3 Å². The van der Waals surface area contributed by atoms with Crippen molar-refractivity contribution >= 4 is 16.0 Å². The fourth-order valence-corrected chi connectivity index (χ4v) is 3.70. The van der Waals surface area contributed by atoms with Crippen molar-refractivity contribution in [2.45, 2.75) is 26.8 Å². The maximum atomic E-state index is 12.8. The molecule has 7 nitrogen and oxygen atoms in total. The van der Waals surface area contributed by atoms with Crippen LogP contribution in [-0.4, -0.2) is 56.4 Å². The number of aromatic nitrogens is 1. The lowest BCUT2D eigenvalue weighted by Gasteiger charge is -2.30. The quantitative estimate of drug-likeness (QED) is 0.460. The SMILES string of the molecule is CC(C)CCN1CCn2c(ccc2-c2ccc(OCCOS(C)(=O)=O)cc2)C1=O. The molecule has 1 aromatic heterocycles. The van der Waals surface area contributed by atoms with Crippen LogP contribution in [0.1, 0.15) is 30.8 Å². The van der Waals surface area contributed by atoms with Gasteiger partial charge >= 0.3 is 0 Å². The maximum absolute atomic E-state index is 12.8. The summed E-state index contributed by atoms with van der Waals surface area (Å²) in [6.45, 7) is 6.76. The van der Waals surface area contributed by atoms with Gasteiger partial charge in [-0.05, 0) is 54.3 Å². The molecule has 2 aromatic rings. The molecule has 1 aromatic carbocycles. The third kappa shape index (κ3) is 5.61. The minimum Gasteiger partial charge on any atom is -0.491 e. The van der Waals surface area contributed by atoms with E-state index in [0.29, 0.717) is 11.7 Å². The van der Waals surface area contributed by atoms with Crippen molar-refractivity contribution < 1.29 is 22.1 Å². The molecule has 1 amide bonds. The van der Waals surface area contributed by atoms with Crippen LogP contribution in [0.25, 0.3) is 11.3 Å². The van der Waals surface area contributed by atoms with Gasteiger partial charge in [0.1, 0.15) is 24.7 Å². The Bertz CT molecular complexity index is 948. The summed E-state index contributed by atoms with van der Waals surface area (Å²) in [6.07, 6.45) is 2.02. The van der Waals surface area contributed by atoms with Crippen molar-refractivity contribution in [1.29, 1.82) is 0 Å². The third-order valence-corrected chi connectivity index (χ3v) is 5.45. The van der Waals surface area contributed by atoms with Crippen LogP contribution in [0, 0.1) is 5.92 Å². The van der Waals surface area contributed by atoms with Crippen LogP contribution in [0.3, 0.4) is 0 Å². The van der Waals surface area contributed by atoms with E-state index in [-0.39, 0.29) is 19.1 Å². The summed E-state index contributed by atoms with van der Waals surface area (Å²) in [4.78, 5) is 14.7. The summed E-state index contributed by atoms with van der Waals surface area (Å²) in [5.41, 5.74) is 2.73. The van der Waals surface area contributed by atoms with Gasteiger partial charge in [0, 0.05) is 25.3 Å². The van der Waals surface area contributed by atoms with Gasteiger partial charge in [-0.15, -0.1) is 0 Å². The highest BCUT2D eigenvalue weighted by atomic mass is 32.2. The van der Waals surface area contributed by atoms with Crippen molar-refractivity contribution in [2.24, 2.45) is 5.92 Å². The van der Waals surface area contributed by atoms with Gasteiger partial charge in [-0.2, -0.15) is 8.42 Å². The predicted molar refractivity (Wildman–Crippen MR) is 112 cm³/mol. The Balaban J connectivity index is 1.64. The molecule has 8 heteroatoms. The van der Waals surface area contributed by atoms with Crippen LogP contribution in [0.5, 0.6) is 5.75 Å². The fraction of sp³-hybridized carbons (Fsp3) is 0.476. The molecule has 1 aliphatic rings. The van der Waals surface area contributed by atoms with E-state index in [4.69, 9.17) is 4.74 Å². The lowest BCUT2D eigenvalue weighted by molar-refractivity contribution is 0.0697. The highest BCUT2D eigenvalue weighted by Crippen LogP contribution is 2.27. The number of hydrogen-bond donors (Lipinski definition) is 0. The van der Waals surface area contributed by atoms with Crippen LogP contribution in [0.4, 0.5) is 0 Å². The number of nitrogens with zero attached hydrogens (tertiary/aromatic N) is 2. The van der Waals surface area contributed by atoms with Crippen molar-refractivity contribution in [2.75, 3.05) is 32.6 Å². The second-order valence-corrected chi connectivity index (χ2v) is 9.27. The molecule has 1 aliphatic heterocycles. The standard InChI is InChI=1S/C21H28N2O5S/c1-16(2)10-11-22-12-13-23-19(8-9-20(23)21(22)24)17-4-6-18(7-5-17)27-14-15-28-29(3,25)26/h4-9,16H,10-15H2,1-3H3. The third-order valence-electron chi connectivity index (χ3n) is 4.86. The number of amides is 1. The Morgan fingerprint density at radius 1 is 1.00 bits per heavy atom. The van der Waals surface area contributed by atoms with E-state index >= 15 is 0 Å². The highest BCUT2D eigenvalue weighted by molar-refractivity contribution is 7.85. The van der Waals surface area contributed by atoms with E-state index in [2.05, 4.69) is 22.6 Å².